The second-order valence-corrected chi connectivity index (χ2v) is 6.14. The zero-order chi connectivity index (χ0) is 13.8. The molecule has 0 bridgehead atoms. The fourth-order valence-corrected chi connectivity index (χ4v) is 3.45. The van der Waals surface area contributed by atoms with Gasteiger partial charge in [-0.25, -0.2) is 0 Å². The Labute approximate surface area is 121 Å². The van der Waals surface area contributed by atoms with Crippen molar-refractivity contribution in [1.82, 2.24) is 5.32 Å². The molecule has 2 aliphatic rings. The van der Waals surface area contributed by atoms with Crippen LogP contribution in [0.5, 0.6) is 0 Å². The lowest BCUT2D eigenvalue weighted by Crippen LogP contribution is -2.39. The van der Waals surface area contributed by atoms with Crippen LogP contribution in [-0.2, 0) is 11.2 Å². The molecular formula is C17H24N2O. The molecule has 0 saturated heterocycles. The van der Waals surface area contributed by atoms with Crippen molar-refractivity contribution in [2.75, 3.05) is 11.9 Å². The zero-order valence-corrected chi connectivity index (χ0v) is 12.0. The number of nitrogens with one attached hydrogen (secondary N) is 2. The van der Waals surface area contributed by atoms with Gasteiger partial charge in [0.1, 0.15) is 6.04 Å². The maximum absolute atomic E-state index is 12.2. The summed E-state index contributed by atoms with van der Waals surface area (Å²) in [7, 11) is 0. The molecule has 2 N–H and O–H groups in total. The first-order valence-electron chi connectivity index (χ1n) is 7.95. The third kappa shape index (κ3) is 3.14. The molecule has 3 nitrogen and oxygen atoms in total. The van der Waals surface area contributed by atoms with E-state index < -0.39 is 0 Å². The van der Waals surface area contributed by atoms with Gasteiger partial charge in [0.2, 0.25) is 5.91 Å². The number of anilines is 1. The summed E-state index contributed by atoms with van der Waals surface area (Å²) >= 11 is 0. The topological polar surface area (TPSA) is 41.1 Å². The molecule has 1 heterocycles. The predicted molar refractivity (Wildman–Crippen MR) is 81.8 cm³/mol. The molecule has 1 aromatic carbocycles. The van der Waals surface area contributed by atoms with Crippen LogP contribution in [0.2, 0.25) is 0 Å². The van der Waals surface area contributed by atoms with Gasteiger partial charge in [0.05, 0.1) is 0 Å². The lowest BCUT2D eigenvalue weighted by molar-refractivity contribution is -0.121. The number of carbonyl (C=O) groups excluding carboxylic acids is 1. The summed E-state index contributed by atoms with van der Waals surface area (Å²) in [6.07, 6.45) is 8.80. The quantitative estimate of drug-likeness (QED) is 0.884. The summed E-state index contributed by atoms with van der Waals surface area (Å²) in [5.41, 5.74) is 2.36. The van der Waals surface area contributed by atoms with Crippen molar-refractivity contribution < 1.29 is 4.79 Å². The summed E-state index contributed by atoms with van der Waals surface area (Å²) in [5, 5.41) is 6.42. The van der Waals surface area contributed by atoms with Crippen LogP contribution in [0.3, 0.4) is 0 Å². The third-order valence-electron chi connectivity index (χ3n) is 4.66. The van der Waals surface area contributed by atoms with E-state index >= 15 is 0 Å². The van der Waals surface area contributed by atoms with Gasteiger partial charge >= 0.3 is 0 Å². The Kier molecular flexibility index (Phi) is 4.24. The lowest BCUT2D eigenvalue weighted by atomic mass is 9.87. The Balaban J connectivity index is 1.42. The van der Waals surface area contributed by atoms with E-state index in [4.69, 9.17) is 0 Å². The SMILES string of the molecule is O=C(NCCC1CCCCC1)[C@@H]1Cc2ccccc2N1. The first-order valence-corrected chi connectivity index (χ1v) is 7.95. The van der Waals surface area contributed by atoms with Crippen molar-refractivity contribution >= 4 is 11.6 Å². The maximum atomic E-state index is 12.2. The molecule has 1 atom stereocenters. The number of para-hydroxylation sites is 1. The molecule has 1 saturated carbocycles. The highest BCUT2D eigenvalue weighted by molar-refractivity contribution is 5.87. The van der Waals surface area contributed by atoms with E-state index in [0.717, 1.165) is 31.0 Å². The van der Waals surface area contributed by atoms with Crippen molar-refractivity contribution in [3.63, 3.8) is 0 Å². The zero-order valence-electron chi connectivity index (χ0n) is 12.0. The molecule has 1 fully saturated rings. The molecule has 1 aliphatic heterocycles. The van der Waals surface area contributed by atoms with Crippen LogP contribution in [-0.4, -0.2) is 18.5 Å². The summed E-state index contributed by atoms with van der Waals surface area (Å²) in [6, 6.07) is 8.10. The van der Waals surface area contributed by atoms with E-state index in [2.05, 4.69) is 16.7 Å². The van der Waals surface area contributed by atoms with Gasteiger partial charge < -0.3 is 10.6 Å². The second kappa shape index (κ2) is 6.29. The normalized spacial score (nSPS) is 22.1. The minimum atomic E-state index is -0.0845. The van der Waals surface area contributed by atoms with E-state index in [9.17, 15) is 4.79 Å². The van der Waals surface area contributed by atoms with Gasteiger partial charge in [0, 0.05) is 18.7 Å². The van der Waals surface area contributed by atoms with Gasteiger partial charge in [0.25, 0.3) is 0 Å². The summed E-state index contributed by atoms with van der Waals surface area (Å²) in [5.74, 6) is 0.981. The third-order valence-corrected chi connectivity index (χ3v) is 4.66. The van der Waals surface area contributed by atoms with Crippen molar-refractivity contribution in [2.24, 2.45) is 5.92 Å². The smallest absolute Gasteiger partial charge is 0.242 e. The minimum Gasteiger partial charge on any atom is -0.373 e. The second-order valence-electron chi connectivity index (χ2n) is 6.14. The number of amides is 1. The molecule has 0 unspecified atom stereocenters. The number of hydrogen-bond acceptors (Lipinski definition) is 2. The van der Waals surface area contributed by atoms with E-state index in [1.807, 2.05) is 18.2 Å². The summed E-state index contributed by atoms with van der Waals surface area (Å²) < 4.78 is 0. The van der Waals surface area contributed by atoms with E-state index in [-0.39, 0.29) is 11.9 Å². The highest BCUT2D eigenvalue weighted by Gasteiger charge is 2.26. The van der Waals surface area contributed by atoms with Gasteiger partial charge in [-0.15, -0.1) is 0 Å². The highest BCUT2D eigenvalue weighted by Crippen LogP contribution is 2.26. The molecule has 0 radical (unpaired) electrons. The van der Waals surface area contributed by atoms with E-state index in [1.165, 1.54) is 37.7 Å². The van der Waals surface area contributed by atoms with Crippen LogP contribution >= 0.6 is 0 Å². The maximum Gasteiger partial charge on any atom is 0.242 e. The van der Waals surface area contributed by atoms with Crippen LogP contribution < -0.4 is 10.6 Å². The van der Waals surface area contributed by atoms with Crippen molar-refractivity contribution in [1.29, 1.82) is 0 Å². The van der Waals surface area contributed by atoms with Crippen LogP contribution in [0.4, 0.5) is 5.69 Å². The molecule has 1 aromatic rings. The van der Waals surface area contributed by atoms with Crippen molar-refractivity contribution in [2.45, 2.75) is 51.0 Å². The Hall–Kier alpha value is -1.51. The molecule has 1 aliphatic carbocycles. The first-order chi connectivity index (χ1) is 9.83. The van der Waals surface area contributed by atoms with Crippen LogP contribution in [0.15, 0.2) is 24.3 Å². The molecule has 3 rings (SSSR count). The Morgan fingerprint density at radius 2 is 2.00 bits per heavy atom. The molecule has 3 heteroatoms. The van der Waals surface area contributed by atoms with E-state index in [0.29, 0.717) is 0 Å². The Morgan fingerprint density at radius 3 is 2.80 bits per heavy atom. The number of fused-ring (bicyclic) bond motifs is 1. The highest BCUT2D eigenvalue weighted by atomic mass is 16.2. The van der Waals surface area contributed by atoms with Gasteiger partial charge in [-0.1, -0.05) is 50.3 Å². The van der Waals surface area contributed by atoms with Gasteiger partial charge in [-0.05, 0) is 24.0 Å². The minimum absolute atomic E-state index is 0.0845. The van der Waals surface area contributed by atoms with Crippen LogP contribution in [0.1, 0.15) is 44.1 Å². The summed E-state index contributed by atoms with van der Waals surface area (Å²) in [4.78, 5) is 12.2. The standard InChI is InChI=1S/C17H24N2O/c20-17(18-11-10-13-6-2-1-3-7-13)16-12-14-8-4-5-9-15(14)19-16/h4-5,8-9,13,16,19H,1-3,6-7,10-12H2,(H,18,20)/t16-/m0/s1. The number of hydrogen-bond donors (Lipinski definition) is 2. The Morgan fingerprint density at radius 1 is 1.20 bits per heavy atom. The summed E-state index contributed by atoms with van der Waals surface area (Å²) in [6.45, 7) is 0.831. The average Bonchev–Trinajstić information content (AvgIpc) is 2.92. The fourth-order valence-electron chi connectivity index (χ4n) is 3.45. The van der Waals surface area contributed by atoms with Crippen molar-refractivity contribution in [3.8, 4) is 0 Å². The average molecular weight is 272 g/mol. The molecule has 0 spiro atoms. The largest absolute Gasteiger partial charge is 0.373 e. The first kappa shape index (κ1) is 13.5. The number of carbonyl (C=O) groups is 1. The van der Waals surface area contributed by atoms with Gasteiger partial charge in [-0.3, -0.25) is 4.79 Å². The lowest BCUT2D eigenvalue weighted by Gasteiger charge is -2.21. The molecule has 20 heavy (non-hydrogen) atoms. The molecule has 1 amide bonds. The molecule has 0 aromatic heterocycles. The monoisotopic (exact) mass is 272 g/mol. The van der Waals surface area contributed by atoms with Gasteiger partial charge in [-0.2, -0.15) is 0 Å². The van der Waals surface area contributed by atoms with E-state index in [1.54, 1.807) is 0 Å². The number of benzene rings is 1. The number of rotatable bonds is 4. The van der Waals surface area contributed by atoms with Gasteiger partial charge in [0.15, 0.2) is 0 Å². The predicted octanol–water partition coefficient (Wildman–Crippen LogP) is 3.11. The van der Waals surface area contributed by atoms with Crippen LogP contribution in [0, 0.1) is 5.92 Å². The Bertz CT molecular complexity index is 441. The van der Waals surface area contributed by atoms with Crippen LogP contribution in [0.25, 0.3) is 0 Å². The molecule has 108 valence electrons. The van der Waals surface area contributed by atoms with Crippen molar-refractivity contribution in [3.05, 3.63) is 29.8 Å². The molecular weight excluding hydrogens is 248 g/mol. The fraction of sp³-hybridized carbons (Fsp3) is 0.588.